The average Bonchev–Trinajstić information content (AvgIpc) is 3.07. The third-order valence-electron chi connectivity index (χ3n) is 7.55. The molecule has 180 valence electrons. The van der Waals surface area contributed by atoms with E-state index >= 15 is 0 Å². The number of nitrogens with two attached hydrogens (primary N) is 1. The number of aromatic nitrogens is 1. The molecule has 4 rings (SSSR count). The zero-order valence-electron chi connectivity index (χ0n) is 21.6. The zero-order chi connectivity index (χ0) is 25.4. The lowest BCUT2D eigenvalue weighted by molar-refractivity contribution is 0.00355. The summed E-state index contributed by atoms with van der Waals surface area (Å²) in [7, 11) is 1.86. The van der Waals surface area contributed by atoms with Crippen LogP contribution in [0.4, 0.5) is 0 Å². The minimum absolute atomic E-state index is 0.186. The first kappa shape index (κ1) is 27.4. The number of hydrogen-bond donors (Lipinski definition) is 1. The molecule has 1 heterocycles. The Bertz CT molecular complexity index is 1060. The van der Waals surface area contributed by atoms with Gasteiger partial charge >= 0.3 is 0 Å². The van der Waals surface area contributed by atoms with Gasteiger partial charge in [-0.3, -0.25) is 4.98 Å². The number of benzene rings is 1. The van der Waals surface area contributed by atoms with Crippen LogP contribution >= 0.6 is 0 Å². The third-order valence-corrected chi connectivity index (χ3v) is 7.55. The van der Waals surface area contributed by atoms with Crippen LogP contribution in [0.5, 0.6) is 0 Å². The lowest BCUT2D eigenvalue weighted by Crippen LogP contribution is -2.42. The second-order valence-electron chi connectivity index (χ2n) is 9.89. The number of ether oxygens (including phenoxy) is 1. The van der Waals surface area contributed by atoms with E-state index < -0.39 is 0 Å². The molecule has 3 heteroatoms. The Morgan fingerprint density at radius 1 is 1.18 bits per heavy atom. The molecule has 1 aromatic heterocycles. The summed E-state index contributed by atoms with van der Waals surface area (Å²) in [6, 6.07) is 9.16. The van der Waals surface area contributed by atoms with Crippen molar-refractivity contribution in [1.29, 1.82) is 0 Å². The van der Waals surface area contributed by atoms with E-state index in [-0.39, 0.29) is 5.41 Å². The highest BCUT2D eigenvalue weighted by atomic mass is 16.5. The van der Waals surface area contributed by atoms with E-state index in [0.717, 1.165) is 16.7 Å². The summed E-state index contributed by atoms with van der Waals surface area (Å²) in [4.78, 5) is 4.39. The van der Waals surface area contributed by atoms with Crippen molar-refractivity contribution in [2.75, 3.05) is 13.7 Å². The molecule has 0 bridgehead atoms. The topological polar surface area (TPSA) is 48.1 Å². The van der Waals surface area contributed by atoms with Crippen LogP contribution in [0.1, 0.15) is 70.1 Å². The van der Waals surface area contributed by atoms with Crippen molar-refractivity contribution >= 4 is 0 Å². The summed E-state index contributed by atoms with van der Waals surface area (Å²) in [5.41, 5.74) is 13.1. The van der Waals surface area contributed by atoms with Crippen LogP contribution < -0.4 is 5.73 Å². The molecule has 2 aliphatic carbocycles. The molecule has 2 N–H and O–H groups in total. The monoisotopic (exact) mass is 456 g/mol. The van der Waals surface area contributed by atoms with Gasteiger partial charge in [0.05, 0.1) is 6.10 Å². The van der Waals surface area contributed by atoms with Gasteiger partial charge in [0.25, 0.3) is 0 Å². The SMILES string of the molecule is C#C.C=C(C)CN.CC#Cc1cncc(-c2ccc3c(c2)C(C)(C)C2(CCC(OC)CC2)C3)c1. The predicted molar refractivity (Wildman–Crippen MR) is 144 cm³/mol. The Balaban J connectivity index is 0.000000520. The summed E-state index contributed by atoms with van der Waals surface area (Å²) in [5.74, 6) is 6.08. The summed E-state index contributed by atoms with van der Waals surface area (Å²) >= 11 is 0. The summed E-state index contributed by atoms with van der Waals surface area (Å²) in [5, 5.41) is 0. The van der Waals surface area contributed by atoms with Crippen LogP contribution in [-0.2, 0) is 16.6 Å². The molecule has 1 saturated carbocycles. The van der Waals surface area contributed by atoms with Crippen molar-refractivity contribution in [2.45, 2.75) is 71.3 Å². The van der Waals surface area contributed by atoms with Crippen molar-refractivity contribution in [3.05, 3.63) is 65.5 Å². The van der Waals surface area contributed by atoms with Crippen molar-refractivity contribution in [3.8, 4) is 35.8 Å². The lowest BCUT2D eigenvalue weighted by Gasteiger charge is -2.46. The van der Waals surface area contributed by atoms with E-state index in [1.807, 2.05) is 33.4 Å². The van der Waals surface area contributed by atoms with E-state index in [2.05, 4.69) is 74.4 Å². The highest BCUT2D eigenvalue weighted by molar-refractivity contribution is 5.67. The molecule has 34 heavy (non-hydrogen) atoms. The molecule has 0 unspecified atom stereocenters. The van der Waals surface area contributed by atoms with E-state index in [1.54, 1.807) is 0 Å². The highest BCUT2D eigenvalue weighted by Crippen LogP contribution is 2.59. The number of terminal acetylenes is 1. The Morgan fingerprint density at radius 3 is 2.38 bits per heavy atom. The normalized spacial score (nSPS) is 21.6. The molecular weight excluding hydrogens is 416 g/mol. The van der Waals surface area contributed by atoms with Gasteiger partial charge in [-0.2, -0.15) is 0 Å². The highest BCUT2D eigenvalue weighted by Gasteiger charge is 2.52. The number of nitrogens with zero attached hydrogens (tertiary/aromatic N) is 1. The van der Waals surface area contributed by atoms with Crippen LogP contribution in [0.2, 0.25) is 0 Å². The van der Waals surface area contributed by atoms with Crippen LogP contribution in [0.3, 0.4) is 0 Å². The summed E-state index contributed by atoms with van der Waals surface area (Å²) < 4.78 is 5.63. The summed E-state index contributed by atoms with van der Waals surface area (Å²) in [6.45, 7) is 12.8. The fourth-order valence-electron chi connectivity index (χ4n) is 5.36. The molecule has 1 aromatic carbocycles. The van der Waals surface area contributed by atoms with E-state index in [9.17, 15) is 0 Å². The fraction of sp³-hybridized carbons (Fsp3) is 0.452. The Hall–Kier alpha value is -2.85. The smallest absolute Gasteiger partial charge is 0.0571 e. The number of rotatable bonds is 3. The molecule has 2 aliphatic rings. The van der Waals surface area contributed by atoms with Gasteiger partial charge in [0.15, 0.2) is 0 Å². The lowest BCUT2D eigenvalue weighted by atomic mass is 9.59. The van der Waals surface area contributed by atoms with Crippen molar-refractivity contribution in [1.82, 2.24) is 4.98 Å². The molecule has 0 radical (unpaired) electrons. The second-order valence-corrected chi connectivity index (χ2v) is 9.89. The molecule has 0 saturated heterocycles. The minimum Gasteiger partial charge on any atom is -0.381 e. The van der Waals surface area contributed by atoms with E-state index in [4.69, 9.17) is 10.5 Å². The molecule has 2 aromatic rings. The summed E-state index contributed by atoms with van der Waals surface area (Å²) in [6.07, 6.45) is 18.3. The standard InChI is InChI=1S/C25H29NO.C4H9N.C2H2/c1-5-6-18-13-21(17-26-16-18)19-7-8-20-15-25(24(2,3)23(20)14-19)11-9-22(27-4)10-12-25;1-4(2)3-5;1-2/h7-8,13-14,16-17,22H,9-12,15H2,1-4H3;1,3,5H2,2H3;1-2H. The Labute approximate surface area is 207 Å². The molecule has 0 atom stereocenters. The van der Waals surface area contributed by atoms with Gasteiger partial charge in [-0.25, -0.2) is 0 Å². The van der Waals surface area contributed by atoms with Gasteiger partial charge in [0, 0.05) is 37.2 Å². The van der Waals surface area contributed by atoms with Crippen molar-refractivity contribution in [2.24, 2.45) is 11.1 Å². The predicted octanol–water partition coefficient (Wildman–Crippen LogP) is 6.30. The first-order valence-electron chi connectivity index (χ1n) is 12.0. The third kappa shape index (κ3) is 5.79. The average molecular weight is 457 g/mol. The molecule has 3 nitrogen and oxygen atoms in total. The van der Waals surface area contributed by atoms with Crippen LogP contribution in [0.15, 0.2) is 48.8 Å². The van der Waals surface area contributed by atoms with Gasteiger partial charge in [0.1, 0.15) is 0 Å². The largest absolute Gasteiger partial charge is 0.381 e. The van der Waals surface area contributed by atoms with Crippen molar-refractivity contribution in [3.63, 3.8) is 0 Å². The maximum atomic E-state index is 5.63. The van der Waals surface area contributed by atoms with Crippen LogP contribution in [0.25, 0.3) is 11.1 Å². The van der Waals surface area contributed by atoms with Gasteiger partial charge < -0.3 is 10.5 Å². The maximum Gasteiger partial charge on any atom is 0.0571 e. The Morgan fingerprint density at radius 2 is 1.82 bits per heavy atom. The van der Waals surface area contributed by atoms with Gasteiger partial charge in [-0.15, -0.1) is 18.8 Å². The first-order valence-corrected chi connectivity index (χ1v) is 12.0. The van der Waals surface area contributed by atoms with Gasteiger partial charge in [-0.05, 0) is 79.5 Å². The first-order chi connectivity index (χ1) is 16.3. The molecule has 1 spiro atoms. The van der Waals surface area contributed by atoms with E-state index in [1.165, 1.54) is 48.8 Å². The van der Waals surface area contributed by atoms with Crippen LogP contribution in [-0.4, -0.2) is 24.7 Å². The van der Waals surface area contributed by atoms with Gasteiger partial charge in [0.2, 0.25) is 0 Å². The number of pyridine rings is 1. The van der Waals surface area contributed by atoms with Gasteiger partial charge in [-0.1, -0.05) is 50.1 Å². The number of fused-ring (bicyclic) bond motifs is 1. The molecular formula is C31H40N2O. The number of methoxy groups -OCH3 is 1. The Kier molecular flexibility index (Phi) is 9.69. The maximum absolute atomic E-state index is 5.63. The van der Waals surface area contributed by atoms with Crippen LogP contribution in [0, 0.1) is 30.1 Å². The minimum atomic E-state index is 0.186. The van der Waals surface area contributed by atoms with E-state index in [0.29, 0.717) is 18.1 Å². The molecule has 1 fully saturated rings. The fourth-order valence-corrected chi connectivity index (χ4v) is 5.36. The number of hydrogen-bond acceptors (Lipinski definition) is 3. The molecule has 0 amide bonds. The quantitative estimate of drug-likeness (QED) is 0.435. The zero-order valence-corrected chi connectivity index (χ0v) is 21.6. The second kappa shape index (κ2) is 12.0. The van der Waals surface area contributed by atoms with Crippen molar-refractivity contribution < 1.29 is 4.74 Å². The molecule has 0 aliphatic heterocycles.